The van der Waals surface area contributed by atoms with Crippen LogP contribution >= 0.6 is 0 Å². The van der Waals surface area contributed by atoms with Crippen LogP contribution in [0.3, 0.4) is 0 Å². The van der Waals surface area contributed by atoms with Crippen LogP contribution in [0.2, 0.25) is 0 Å². The van der Waals surface area contributed by atoms with E-state index in [1.807, 2.05) is 38.1 Å². The molecule has 56 heavy (non-hydrogen) atoms. The van der Waals surface area contributed by atoms with Crippen LogP contribution in [0.4, 0.5) is 8.78 Å². The maximum atomic E-state index is 15.2. The molecule has 2 fully saturated rings. The minimum atomic E-state index is -0.580. The molecule has 302 valence electrons. The first-order valence-electron chi connectivity index (χ1n) is 20.1. The van der Waals surface area contributed by atoms with Gasteiger partial charge in [-0.25, -0.2) is 4.39 Å². The molecule has 2 aliphatic rings. The Hall–Kier alpha value is -3.63. The number of alkyl halides is 1. The molecule has 4 aromatic rings. The van der Waals surface area contributed by atoms with E-state index < -0.39 is 21.5 Å². The number of hydrogen-bond acceptors (Lipinski definition) is 5. The number of esters is 2. The number of aryl methyl sites for hydroxylation is 6. The Morgan fingerprint density at radius 3 is 1.52 bits per heavy atom. The summed E-state index contributed by atoms with van der Waals surface area (Å²) >= 11 is -0.580. The molecule has 0 heterocycles. The zero-order valence-electron chi connectivity index (χ0n) is 34.6. The molecule has 6 rings (SSSR count). The molecule has 0 unspecified atom stereocenters. The quantitative estimate of drug-likeness (QED) is 0.0595. The summed E-state index contributed by atoms with van der Waals surface area (Å²) in [6.45, 7) is 18.3. The third-order valence-corrected chi connectivity index (χ3v) is 12.5. The molecule has 5 nitrogen and oxygen atoms in total. The second kappa shape index (κ2) is 19.2. The van der Waals surface area contributed by atoms with E-state index in [4.69, 9.17) is 13.4 Å². The summed E-state index contributed by atoms with van der Waals surface area (Å²) in [5, 5.41) is 0. The fourth-order valence-corrected chi connectivity index (χ4v) is 9.52. The zero-order valence-corrected chi connectivity index (χ0v) is 36.8. The van der Waals surface area contributed by atoms with Gasteiger partial charge in [-0.15, -0.1) is 0 Å². The topological polar surface area (TPSA) is 78.6 Å². The molecule has 2 atom stereocenters. The van der Waals surface area contributed by atoms with E-state index in [1.165, 1.54) is 70.2 Å². The molecule has 2 aliphatic carbocycles. The van der Waals surface area contributed by atoms with Crippen molar-refractivity contribution in [3.8, 4) is 22.3 Å². The summed E-state index contributed by atoms with van der Waals surface area (Å²) in [5.41, 5.74) is 14.7. The van der Waals surface area contributed by atoms with E-state index in [1.54, 1.807) is 20.8 Å². The molecule has 0 aliphatic heterocycles. The van der Waals surface area contributed by atoms with Gasteiger partial charge in [-0.05, 0) is 97.9 Å². The van der Waals surface area contributed by atoms with E-state index in [0.717, 1.165) is 11.1 Å². The molecule has 2 saturated carbocycles. The second-order valence-corrected chi connectivity index (χ2v) is 17.7. The minimum absolute atomic E-state index is 0.174. The molecular formula is C48H59F2INO4-. The van der Waals surface area contributed by atoms with Gasteiger partial charge in [0, 0.05) is 0 Å². The third kappa shape index (κ3) is 10.6. The number of hydrogen-bond donors (Lipinski definition) is 1. The predicted molar refractivity (Wildman–Crippen MR) is 219 cm³/mol. The Balaban J connectivity index is 0.000000215. The van der Waals surface area contributed by atoms with Crippen LogP contribution in [-0.4, -0.2) is 29.6 Å². The molecule has 0 radical (unpaired) electrons. The van der Waals surface area contributed by atoms with Gasteiger partial charge < -0.3 is 4.74 Å². The van der Waals surface area contributed by atoms with Gasteiger partial charge in [0.2, 0.25) is 0 Å². The first-order chi connectivity index (χ1) is 26.7. The number of carbonyl (C=O) groups is 2. The standard InChI is InChI=1S/C24H30FINO2.C24H29FO2/c1-5-29-22(28)12-19(13-26-27)21-11-18(10-16(4)24(21)25)23-15(3)8-14(2)9-20(23)17-6-7-17;1-6-27-22(26)12-15(3)20-13-19(11-17(5)24(20)25)23-16(4)9-14(2)10-21(23)18-7-8-18/h8-11,17,19H,5-7,12-13,27H2,1-4H3;9-11,13,15,18H,6-8,12H2,1-5H3/q-1;/t19-;15-/m10/s1. The van der Waals surface area contributed by atoms with Crippen molar-refractivity contribution >= 4 is 11.9 Å². The van der Waals surface area contributed by atoms with Gasteiger partial charge in [0.25, 0.3) is 0 Å². The first-order valence-corrected chi connectivity index (χ1v) is 22.9. The van der Waals surface area contributed by atoms with Gasteiger partial charge in [0.15, 0.2) is 0 Å². The maximum absolute atomic E-state index is 15.2. The van der Waals surface area contributed by atoms with Gasteiger partial charge in [-0.1, -0.05) is 24.6 Å². The van der Waals surface area contributed by atoms with Crippen LogP contribution < -0.4 is 25.4 Å². The van der Waals surface area contributed by atoms with Gasteiger partial charge in [0.05, 0.1) is 13.0 Å². The normalized spacial score (nSPS) is 14.9. The van der Waals surface area contributed by atoms with E-state index in [9.17, 15) is 14.0 Å². The Kier molecular flexibility index (Phi) is 14.9. The van der Waals surface area contributed by atoms with Crippen LogP contribution in [0.25, 0.3) is 22.3 Å². The number of benzene rings is 4. The Morgan fingerprint density at radius 1 is 0.661 bits per heavy atom. The predicted octanol–water partition coefficient (Wildman–Crippen LogP) is 8.65. The number of halogens is 3. The summed E-state index contributed by atoms with van der Waals surface area (Å²) in [7, 11) is 0. The number of rotatable bonds is 14. The number of nitrogens with two attached hydrogens (primary N) is 1. The van der Waals surface area contributed by atoms with Crippen LogP contribution in [0.15, 0.2) is 48.5 Å². The average molecular weight is 879 g/mol. The molecular weight excluding hydrogens is 819 g/mol. The molecule has 0 saturated heterocycles. The Labute approximate surface area is 343 Å². The molecule has 8 heteroatoms. The van der Waals surface area contributed by atoms with Crippen molar-refractivity contribution in [3.63, 3.8) is 0 Å². The van der Waals surface area contributed by atoms with Crippen molar-refractivity contribution in [2.45, 2.75) is 125 Å². The summed E-state index contributed by atoms with van der Waals surface area (Å²) in [6.07, 6.45) is 5.24. The van der Waals surface area contributed by atoms with E-state index in [2.05, 4.69) is 52.0 Å². The second-order valence-electron chi connectivity index (χ2n) is 16.0. The summed E-state index contributed by atoms with van der Waals surface area (Å²) < 4.78 is 46.8. The van der Waals surface area contributed by atoms with Gasteiger partial charge in [-0.2, -0.15) is 0 Å². The fraction of sp³-hybridized carbons (Fsp3) is 0.458. The van der Waals surface area contributed by atoms with E-state index in [-0.39, 0.29) is 48.3 Å². The Morgan fingerprint density at radius 2 is 1.09 bits per heavy atom. The van der Waals surface area contributed by atoms with Crippen molar-refractivity contribution in [2.75, 3.05) is 17.6 Å². The van der Waals surface area contributed by atoms with Gasteiger partial charge in [-0.3, -0.25) is 4.79 Å². The van der Waals surface area contributed by atoms with Crippen LogP contribution in [0.1, 0.15) is 139 Å². The average Bonchev–Trinajstić information content (AvgIpc) is 4.05. The van der Waals surface area contributed by atoms with Gasteiger partial charge >= 0.3 is 190 Å². The summed E-state index contributed by atoms with van der Waals surface area (Å²) in [4.78, 5) is 24.0. The van der Waals surface area contributed by atoms with Crippen molar-refractivity contribution in [2.24, 2.45) is 3.95 Å². The van der Waals surface area contributed by atoms with Crippen molar-refractivity contribution in [1.29, 1.82) is 0 Å². The summed E-state index contributed by atoms with van der Waals surface area (Å²) in [5.74, 6) is -0.253. The molecule has 4 aromatic carbocycles. The molecule has 2 N–H and O–H groups in total. The zero-order chi connectivity index (χ0) is 40.8. The molecule has 0 amide bonds. The number of ether oxygens (including phenoxy) is 2. The van der Waals surface area contributed by atoms with E-state index >= 15 is 4.39 Å². The monoisotopic (exact) mass is 878 g/mol. The Bertz CT molecular complexity index is 2070. The van der Waals surface area contributed by atoms with Crippen LogP contribution in [-0.2, 0) is 19.1 Å². The molecule has 0 spiro atoms. The first kappa shape index (κ1) is 43.5. The molecule has 0 aromatic heterocycles. The van der Waals surface area contributed by atoms with Crippen molar-refractivity contribution in [1.82, 2.24) is 0 Å². The van der Waals surface area contributed by atoms with Crippen LogP contribution in [0, 0.1) is 53.2 Å². The summed E-state index contributed by atoms with van der Waals surface area (Å²) in [6, 6.07) is 16.7. The van der Waals surface area contributed by atoms with Crippen LogP contribution in [0.5, 0.6) is 0 Å². The van der Waals surface area contributed by atoms with E-state index in [0.29, 0.717) is 51.7 Å². The SMILES string of the molecule is CCOC(=O)C[C@H](C)c1cc(-c2c(C)cc(C)cc2C2CC2)cc(C)c1F.CCOC(=O)C[C@H](C[I-]N)c1cc(-c2c(C)cc(C)cc2C2CC2)cc(C)c1F. The van der Waals surface area contributed by atoms with Crippen molar-refractivity contribution in [3.05, 3.63) is 116 Å². The number of carbonyl (C=O) groups excluding carboxylic acids is 2. The van der Waals surface area contributed by atoms with Gasteiger partial charge in [0.1, 0.15) is 5.82 Å². The van der Waals surface area contributed by atoms with Crippen molar-refractivity contribution < 1.29 is 49.3 Å². The molecule has 0 bridgehead atoms. The third-order valence-electron chi connectivity index (χ3n) is 10.9. The fourth-order valence-electron chi connectivity index (χ4n) is 8.12.